The number of likely N-dealkylation sites (tertiary alicyclic amines) is 1. The van der Waals surface area contributed by atoms with E-state index in [1.54, 1.807) is 4.90 Å². The van der Waals surface area contributed by atoms with Crippen molar-refractivity contribution in [1.82, 2.24) is 20.1 Å². The van der Waals surface area contributed by atoms with Crippen LogP contribution >= 0.6 is 0 Å². The van der Waals surface area contributed by atoms with Crippen LogP contribution in [0, 0.1) is 16.7 Å². The highest BCUT2D eigenvalue weighted by atomic mass is 16.2. The highest BCUT2D eigenvalue weighted by Crippen LogP contribution is 2.42. The molecule has 0 radical (unpaired) electrons. The molecule has 8 heteroatoms. The normalized spacial score (nSPS) is 19.9. The lowest BCUT2D eigenvalue weighted by Gasteiger charge is -2.44. The van der Waals surface area contributed by atoms with E-state index in [0.29, 0.717) is 30.5 Å². The van der Waals surface area contributed by atoms with E-state index < -0.39 is 0 Å². The Morgan fingerprint density at radius 3 is 2.69 bits per heavy atom. The molecule has 4 rings (SSSR count). The molecule has 1 aromatic heterocycles. The Hall–Kier alpha value is -3.57. The number of carbonyl (C=O) groups is 3. The van der Waals surface area contributed by atoms with Gasteiger partial charge in [0.2, 0.25) is 12.3 Å². The van der Waals surface area contributed by atoms with E-state index in [0.717, 1.165) is 37.4 Å². The Morgan fingerprint density at radius 1 is 1.28 bits per heavy atom. The number of nitrogens with zero attached hydrogens (tertiary/aromatic N) is 4. The van der Waals surface area contributed by atoms with Crippen molar-refractivity contribution in [3.63, 3.8) is 0 Å². The van der Waals surface area contributed by atoms with Crippen molar-refractivity contribution in [1.29, 1.82) is 5.26 Å². The third kappa shape index (κ3) is 5.47. The van der Waals surface area contributed by atoms with Crippen molar-refractivity contribution in [3.05, 3.63) is 64.5 Å². The smallest absolute Gasteiger partial charge is 0.256 e. The van der Waals surface area contributed by atoms with Gasteiger partial charge in [0.25, 0.3) is 5.91 Å². The number of fused-ring (bicyclic) bond motifs is 1. The van der Waals surface area contributed by atoms with Crippen LogP contribution in [0.4, 0.5) is 0 Å². The number of nitrogens with one attached hydrogen (secondary N) is 1. The van der Waals surface area contributed by atoms with E-state index in [1.807, 2.05) is 43.3 Å². The van der Waals surface area contributed by atoms with Crippen LogP contribution in [0.1, 0.15) is 78.8 Å². The first-order chi connectivity index (χ1) is 17.2. The first-order valence-electron chi connectivity index (χ1n) is 12.5. The Balaban J connectivity index is 1.41. The van der Waals surface area contributed by atoms with Gasteiger partial charge in [0.15, 0.2) is 0 Å². The number of imide groups is 1. The zero-order valence-corrected chi connectivity index (χ0v) is 21.2. The molecule has 36 heavy (non-hydrogen) atoms. The number of pyridine rings is 1. The second-order valence-electron chi connectivity index (χ2n) is 10.6. The minimum Gasteiger partial charge on any atom is -0.330 e. The van der Waals surface area contributed by atoms with Crippen LogP contribution in [0.15, 0.2) is 36.4 Å². The summed E-state index contributed by atoms with van der Waals surface area (Å²) in [7, 11) is 0. The number of nitriles is 1. The zero-order chi connectivity index (χ0) is 25.9. The molecule has 2 aromatic rings. The standard InChI is InChI=1S/C28H33N5O3/c1-19(4-11-26(35)30-18-34)33-16-25-22(27(33)36)9-10-24(31-25)23-12-13-32(17-28(23,2)3)15-21-7-5-20(14-29)6-8-21/h5-10,18-19,23H,4,11-13,15-17H2,1-3H3,(H,30,34,35). The van der Waals surface area contributed by atoms with E-state index >= 15 is 0 Å². The van der Waals surface area contributed by atoms with Gasteiger partial charge in [-0.1, -0.05) is 26.0 Å². The summed E-state index contributed by atoms with van der Waals surface area (Å²) >= 11 is 0. The Morgan fingerprint density at radius 2 is 2.03 bits per heavy atom. The third-order valence-corrected chi connectivity index (χ3v) is 7.50. The summed E-state index contributed by atoms with van der Waals surface area (Å²) in [6, 6.07) is 13.7. The quantitative estimate of drug-likeness (QED) is 0.572. The average molecular weight is 488 g/mol. The molecule has 2 unspecified atom stereocenters. The van der Waals surface area contributed by atoms with Crippen LogP contribution < -0.4 is 5.32 Å². The van der Waals surface area contributed by atoms with Crippen LogP contribution in [0.3, 0.4) is 0 Å². The number of amides is 3. The topological polar surface area (TPSA) is 106 Å². The van der Waals surface area contributed by atoms with Crippen LogP contribution in [0.5, 0.6) is 0 Å². The van der Waals surface area contributed by atoms with Crippen LogP contribution in [-0.4, -0.2) is 52.1 Å². The van der Waals surface area contributed by atoms with E-state index in [1.165, 1.54) is 5.56 Å². The summed E-state index contributed by atoms with van der Waals surface area (Å²) in [6.45, 7) is 9.66. The molecule has 2 aliphatic heterocycles. The first kappa shape index (κ1) is 25.5. The summed E-state index contributed by atoms with van der Waals surface area (Å²) in [4.78, 5) is 44.2. The predicted octanol–water partition coefficient (Wildman–Crippen LogP) is 3.37. The third-order valence-electron chi connectivity index (χ3n) is 7.50. The van der Waals surface area contributed by atoms with Gasteiger partial charge < -0.3 is 4.90 Å². The number of hydrogen-bond donors (Lipinski definition) is 1. The largest absolute Gasteiger partial charge is 0.330 e. The average Bonchev–Trinajstić information content (AvgIpc) is 3.18. The van der Waals surface area contributed by atoms with Crippen LogP contribution in [0.25, 0.3) is 0 Å². The number of carbonyl (C=O) groups excluding carboxylic acids is 3. The molecular formula is C28H33N5O3. The van der Waals surface area contributed by atoms with Gasteiger partial charge in [-0.3, -0.25) is 29.6 Å². The lowest BCUT2D eigenvalue weighted by molar-refractivity contribution is -0.125. The monoisotopic (exact) mass is 487 g/mol. The maximum Gasteiger partial charge on any atom is 0.256 e. The number of benzene rings is 1. The maximum absolute atomic E-state index is 13.0. The molecule has 0 saturated carbocycles. The van der Waals surface area contributed by atoms with Gasteiger partial charge in [0.05, 0.1) is 29.4 Å². The molecule has 0 spiro atoms. The highest BCUT2D eigenvalue weighted by Gasteiger charge is 2.39. The van der Waals surface area contributed by atoms with Crippen molar-refractivity contribution in [2.45, 2.75) is 65.1 Å². The zero-order valence-electron chi connectivity index (χ0n) is 21.2. The van der Waals surface area contributed by atoms with Gasteiger partial charge in [-0.15, -0.1) is 0 Å². The van der Waals surface area contributed by atoms with Crippen molar-refractivity contribution >= 4 is 18.2 Å². The number of hydrogen-bond acceptors (Lipinski definition) is 6. The molecule has 3 amide bonds. The number of aromatic nitrogens is 1. The molecule has 1 N–H and O–H groups in total. The Labute approximate surface area is 212 Å². The summed E-state index contributed by atoms with van der Waals surface area (Å²) in [5, 5.41) is 11.2. The van der Waals surface area contributed by atoms with Gasteiger partial charge in [0, 0.05) is 37.2 Å². The molecule has 1 saturated heterocycles. The van der Waals surface area contributed by atoms with Gasteiger partial charge in [-0.25, -0.2) is 0 Å². The van der Waals surface area contributed by atoms with Crippen molar-refractivity contribution in [2.24, 2.45) is 5.41 Å². The molecule has 2 aliphatic rings. The molecule has 0 aliphatic carbocycles. The summed E-state index contributed by atoms with van der Waals surface area (Å²) in [6.07, 6.45) is 2.04. The van der Waals surface area contributed by atoms with E-state index in [-0.39, 0.29) is 35.6 Å². The SMILES string of the molecule is CC(CCC(=O)NC=O)N1Cc2nc(C3CCN(Cc4ccc(C#N)cc4)CC3(C)C)ccc2C1=O. The summed E-state index contributed by atoms with van der Waals surface area (Å²) in [5.74, 6) is -0.105. The second kappa shape index (κ2) is 10.6. The Kier molecular flexibility index (Phi) is 7.51. The van der Waals surface area contributed by atoms with Gasteiger partial charge in [-0.05, 0) is 61.6 Å². The van der Waals surface area contributed by atoms with Crippen LogP contribution in [0.2, 0.25) is 0 Å². The fourth-order valence-electron chi connectivity index (χ4n) is 5.50. The minimum atomic E-state index is -0.339. The molecule has 188 valence electrons. The number of rotatable bonds is 8. The van der Waals surface area contributed by atoms with E-state index in [9.17, 15) is 14.4 Å². The van der Waals surface area contributed by atoms with Crippen molar-refractivity contribution < 1.29 is 14.4 Å². The molecule has 1 aromatic carbocycles. The second-order valence-corrected chi connectivity index (χ2v) is 10.6. The minimum absolute atomic E-state index is 0.00756. The summed E-state index contributed by atoms with van der Waals surface area (Å²) in [5.41, 5.74) is 4.36. The molecule has 8 nitrogen and oxygen atoms in total. The number of piperidine rings is 1. The van der Waals surface area contributed by atoms with Gasteiger partial charge in [-0.2, -0.15) is 5.26 Å². The first-order valence-corrected chi connectivity index (χ1v) is 12.5. The van der Waals surface area contributed by atoms with Gasteiger partial charge >= 0.3 is 0 Å². The molecule has 1 fully saturated rings. The van der Waals surface area contributed by atoms with E-state index in [2.05, 4.69) is 30.1 Å². The predicted molar refractivity (Wildman–Crippen MR) is 135 cm³/mol. The van der Waals surface area contributed by atoms with Crippen LogP contribution in [-0.2, 0) is 22.7 Å². The van der Waals surface area contributed by atoms with Crippen molar-refractivity contribution in [3.8, 4) is 6.07 Å². The fourth-order valence-corrected chi connectivity index (χ4v) is 5.50. The molecular weight excluding hydrogens is 454 g/mol. The lowest BCUT2D eigenvalue weighted by atomic mass is 9.72. The van der Waals surface area contributed by atoms with Crippen molar-refractivity contribution in [2.75, 3.05) is 13.1 Å². The lowest BCUT2D eigenvalue weighted by Crippen LogP contribution is -2.44. The molecule has 0 bridgehead atoms. The maximum atomic E-state index is 13.0. The molecule has 3 heterocycles. The van der Waals surface area contributed by atoms with Gasteiger partial charge in [0.1, 0.15) is 0 Å². The van der Waals surface area contributed by atoms with E-state index in [4.69, 9.17) is 10.2 Å². The Bertz CT molecular complexity index is 1180. The summed E-state index contributed by atoms with van der Waals surface area (Å²) < 4.78 is 0. The molecule has 2 atom stereocenters. The highest BCUT2D eigenvalue weighted by molar-refractivity contribution is 5.98. The fraction of sp³-hybridized carbons (Fsp3) is 0.464.